The Bertz CT molecular complexity index is 741. The van der Waals surface area contributed by atoms with Crippen molar-refractivity contribution in [1.82, 2.24) is 10.3 Å². The van der Waals surface area contributed by atoms with Gasteiger partial charge >= 0.3 is 0 Å². The second-order valence-corrected chi connectivity index (χ2v) is 7.02. The molecule has 0 bridgehead atoms. The number of nitrogens with one attached hydrogen (secondary N) is 2. The van der Waals surface area contributed by atoms with Gasteiger partial charge in [0.25, 0.3) is 0 Å². The number of amides is 2. The molecule has 1 heterocycles. The second-order valence-electron chi connectivity index (χ2n) is 6.58. The third-order valence-corrected chi connectivity index (χ3v) is 5.00. The first kappa shape index (κ1) is 18.4. The van der Waals surface area contributed by atoms with Gasteiger partial charge in [-0.2, -0.15) is 0 Å². The molecule has 0 saturated heterocycles. The number of rotatable bonds is 5. The fourth-order valence-electron chi connectivity index (χ4n) is 3.22. The van der Waals surface area contributed by atoms with Crippen LogP contribution in [0.4, 0.5) is 5.69 Å². The van der Waals surface area contributed by atoms with Gasteiger partial charge in [-0.1, -0.05) is 17.7 Å². The SMILES string of the molecule is O=C(NCc1ccccn1)C1CCC(C(=O)Nc2ccc(Cl)cc2)CC1. The summed E-state index contributed by atoms with van der Waals surface area (Å²) in [6, 6.07) is 12.7. The molecule has 26 heavy (non-hydrogen) atoms. The Morgan fingerprint density at radius 2 is 1.62 bits per heavy atom. The van der Waals surface area contributed by atoms with Crippen molar-refractivity contribution in [2.75, 3.05) is 5.32 Å². The van der Waals surface area contributed by atoms with Crippen LogP contribution in [0.2, 0.25) is 5.02 Å². The van der Waals surface area contributed by atoms with Crippen LogP contribution in [-0.2, 0) is 16.1 Å². The molecule has 1 aliphatic rings. The minimum atomic E-state index is -0.0504. The number of carbonyl (C=O) groups is 2. The van der Waals surface area contributed by atoms with E-state index in [1.165, 1.54) is 0 Å². The van der Waals surface area contributed by atoms with Gasteiger partial charge < -0.3 is 10.6 Å². The Morgan fingerprint density at radius 1 is 0.962 bits per heavy atom. The van der Waals surface area contributed by atoms with Crippen LogP contribution in [0.25, 0.3) is 0 Å². The molecule has 1 aromatic carbocycles. The number of hydrogen-bond donors (Lipinski definition) is 2. The minimum Gasteiger partial charge on any atom is -0.350 e. The average Bonchev–Trinajstić information content (AvgIpc) is 2.69. The largest absolute Gasteiger partial charge is 0.350 e. The van der Waals surface area contributed by atoms with Gasteiger partial charge in [-0.25, -0.2) is 0 Å². The van der Waals surface area contributed by atoms with Gasteiger partial charge in [0.15, 0.2) is 0 Å². The van der Waals surface area contributed by atoms with Crippen LogP contribution in [0.1, 0.15) is 31.4 Å². The van der Waals surface area contributed by atoms with E-state index in [0.29, 0.717) is 11.6 Å². The van der Waals surface area contributed by atoms with E-state index < -0.39 is 0 Å². The maximum atomic E-state index is 12.4. The summed E-state index contributed by atoms with van der Waals surface area (Å²) in [7, 11) is 0. The van der Waals surface area contributed by atoms with Crippen LogP contribution in [0.15, 0.2) is 48.7 Å². The number of anilines is 1. The normalized spacial score (nSPS) is 19.6. The van der Waals surface area contributed by atoms with Crippen molar-refractivity contribution in [1.29, 1.82) is 0 Å². The monoisotopic (exact) mass is 371 g/mol. The molecule has 2 amide bonds. The van der Waals surface area contributed by atoms with Crippen molar-refractivity contribution < 1.29 is 9.59 Å². The molecule has 1 aromatic heterocycles. The third-order valence-electron chi connectivity index (χ3n) is 4.75. The highest BCUT2D eigenvalue weighted by Crippen LogP contribution is 2.30. The molecule has 5 nitrogen and oxygen atoms in total. The summed E-state index contributed by atoms with van der Waals surface area (Å²) < 4.78 is 0. The summed E-state index contributed by atoms with van der Waals surface area (Å²) in [6.45, 7) is 0.441. The number of carbonyl (C=O) groups excluding carboxylic acids is 2. The van der Waals surface area contributed by atoms with Crippen molar-refractivity contribution in [2.24, 2.45) is 11.8 Å². The van der Waals surface area contributed by atoms with Crippen LogP contribution in [0.5, 0.6) is 0 Å². The van der Waals surface area contributed by atoms with E-state index in [-0.39, 0.29) is 23.7 Å². The van der Waals surface area contributed by atoms with E-state index in [2.05, 4.69) is 15.6 Å². The molecule has 1 saturated carbocycles. The quantitative estimate of drug-likeness (QED) is 0.839. The van der Waals surface area contributed by atoms with Gasteiger partial charge in [0.2, 0.25) is 11.8 Å². The van der Waals surface area contributed by atoms with E-state index in [0.717, 1.165) is 37.1 Å². The smallest absolute Gasteiger partial charge is 0.227 e. The summed E-state index contributed by atoms with van der Waals surface area (Å²) in [5.41, 5.74) is 1.59. The molecular weight excluding hydrogens is 350 g/mol. The topological polar surface area (TPSA) is 71.1 Å². The number of nitrogens with zero attached hydrogens (tertiary/aromatic N) is 1. The van der Waals surface area contributed by atoms with E-state index >= 15 is 0 Å². The highest BCUT2D eigenvalue weighted by molar-refractivity contribution is 6.30. The molecule has 3 rings (SSSR count). The molecule has 0 unspecified atom stereocenters. The molecular formula is C20H22ClN3O2. The van der Waals surface area contributed by atoms with Gasteiger partial charge in [-0.3, -0.25) is 14.6 Å². The average molecular weight is 372 g/mol. The van der Waals surface area contributed by atoms with Gasteiger partial charge in [0.1, 0.15) is 0 Å². The summed E-state index contributed by atoms with van der Waals surface area (Å²) in [5, 5.41) is 6.51. The van der Waals surface area contributed by atoms with Crippen molar-refractivity contribution in [3.05, 3.63) is 59.4 Å². The van der Waals surface area contributed by atoms with Crippen molar-refractivity contribution in [2.45, 2.75) is 32.2 Å². The number of aromatic nitrogens is 1. The van der Waals surface area contributed by atoms with Crippen LogP contribution in [-0.4, -0.2) is 16.8 Å². The first-order chi connectivity index (χ1) is 12.6. The lowest BCUT2D eigenvalue weighted by Crippen LogP contribution is -2.35. The van der Waals surface area contributed by atoms with E-state index in [1.54, 1.807) is 30.5 Å². The Balaban J connectivity index is 1.43. The number of halogens is 1. The minimum absolute atomic E-state index is 0.0136. The van der Waals surface area contributed by atoms with E-state index in [4.69, 9.17) is 11.6 Å². The Morgan fingerprint density at radius 3 is 2.23 bits per heavy atom. The zero-order valence-electron chi connectivity index (χ0n) is 14.5. The fraction of sp³-hybridized carbons (Fsp3) is 0.350. The van der Waals surface area contributed by atoms with Crippen LogP contribution in [0.3, 0.4) is 0 Å². The van der Waals surface area contributed by atoms with Gasteiger partial charge in [-0.15, -0.1) is 0 Å². The van der Waals surface area contributed by atoms with Crippen molar-refractivity contribution in [3.63, 3.8) is 0 Å². The molecule has 136 valence electrons. The fourth-order valence-corrected chi connectivity index (χ4v) is 3.35. The lowest BCUT2D eigenvalue weighted by Gasteiger charge is -2.27. The van der Waals surface area contributed by atoms with E-state index in [9.17, 15) is 9.59 Å². The van der Waals surface area contributed by atoms with Crippen LogP contribution < -0.4 is 10.6 Å². The van der Waals surface area contributed by atoms with Crippen molar-refractivity contribution >= 4 is 29.1 Å². The first-order valence-electron chi connectivity index (χ1n) is 8.86. The Kier molecular flexibility index (Phi) is 6.23. The standard InChI is InChI=1S/C20H22ClN3O2/c21-16-8-10-17(11-9-16)24-20(26)15-6-4-14(5-7-15)19(25)23-13-18-3-1-2-12-22-18/h1-3,8-12,14-15H,4-7,13H2,(H,23,25)(H,24,26). The maximum absolute atomic E-state index is 12.4. The predicted molar refractivity (Wildman–Crippen MR) is 102 cm³/mol. The zero-order chi connectivity index (χ0) is 18.4. The van der Waals surface area contributed by atoms with E-state index in [1.807, 2.05) is 18.2 Å². The van der Waals surface area contributed by atoms with Crippen LogP contribution in [0, 0.1) is 11.8 Å². The number of hydrogen-bond acceptors (Lipinski definition) is 3. The molecule has 0 aliphatic heterocycles. The zero-order valence-corrected chi connectivity index (χ0v) is 15.2. The molecule has 0 radical (unpaired) electrons. The maximum Gasteiger partial charge on any atom is 0.227 e. The lowest BCUT2D eigenvalue weighted by atomic mass is 9.81. The second kappa shape index (κ2) is 8.81. The van der Waals surface area contributed by atoms with Gasteiger partial charge in [-0.05, 0) is 62.1 Å². The predicted octanol–water partition coefficient (Wildman–Crippen LogP) is 3.80. The summed E-state index contributed by atoms with van der Waals surface area (Å²) in [4.78, 5) is 28.9. The number of benzene rings is 1. The summed E-state index contributed by atoms with van der Waals surface area (Å²) >= 11 is 5.85. The van der Waals surface area contributed by atoms with Gasteiger partial charge in [0.05, 0.1) is 12.2 Å². The number of pyridine rings is 1. The van der Waals surface area contributed by atoms with Crippen LogP contribution >= 0.6 is 11.6 Å². The molecule has 6 heteroatoms. The first-order valence-corrected chi connectivity index (χ1v) is 9.23. The molecule has 2 aromatic rings. The Labute approximate surface area is 158 Å². The van der Waals surface area contributed by atoms with Crippen molar-refractivity contribution in [3.8, 4) is 0 Å². The molecule has 0 atom stereocenters. The summed E-state index contributed by atoms with van der Waals surface area (Å²) in [6.07, 6.45) is 4.62. The molecule has 1 fully saturated rings. The molecule has 2 N–H and O–H groups in total. The highest BCUT2D eigenvalue weighted by Gasteiger charge is 2.29. The molecule has 0 spiro atoms. The molecule has 1 aliphatic carbocycles. The van der Waals surface area contributed by atoms with Gasteiger partial charge in [0, 0.05) is 28.7 Å². The third kappa shape index (κ3) is 5.05. The Hall–Kier alpha value is -2.40. The summed E-state index contributed by atoms with van der Waals surface area (Å²) in [5.74, 6) is -0.0179. The highest BCUT2D eigenvalue weighted by atomic mass is 35.5. The lowest BCUT2D eigenvalue weighted by molar-refractivity contribution is -0.128.